The first-order valence-corrected chi connectivity index (χ1v) is 22.5. The van der Waals surface area contributed by atoms with Crippen LogP contribution in [0.1, 0.15) is 72.6 Å². The first-order valence-electron chi connectivity index (χ1n) is 22.5. The van der Waals surface area contributed by atoms with E-state index in [1.54, 1.807) is 52.0 Å². The van der Waals surface area contributed by atoms with Crippen molar-refractivity contribution in [1.82, 2.24) is 15.2 Å². The second kappa shape index (κ2) is 18.9. The molecule has 5 aliphatic heterocycles. The number of aromatic hydroxyl groups is 1. The van der Waals surface area contributed by atoms with Crippen molar-refractivity contribution in [1.29, 1.82) is 0 Å². The number of benzene rings is 2. The molecule has 1 fully saturated rings. The number of allylic oxidation sites excluding steroid dienone is 3. The van der Waals surface area contributed by atoms with E-state index in [1.165, 1.54) is 39.2 Å². The summed E-state index contributed by atoms with van der Waals surface area (Å²) in [5, 5.41) is 71.5. The highest BCUT2D eigenvalue weighted by molar-refractivity contribution is 5.97. The summed E-state index contributed by atoms with van der Waals surface area (Å²) in [6.45, 7) is 17.8. The summed E-state index contributed by atoms with van der Waals surface area (Å²) in [6, 6.07) is 3.12. The molecular weight excluding hydrogens is 853 g/mol. The van der Waals surface area contributed by atoms with E-state index in [-0.39, 0.29) is 79.2 Å². The average Bonchev–Trinajstić information content (AvgIpc) is 3.55. The molecule has 7 N–H and O–H groups in total. The Balaban J connectivity index is 1.47. The standard InChI is InChI=1S/C49H62N4O13/c1-23-13-20-63-49(9)47(61)36-34-35(42(59)29(7)45(36)66-49)43(60)39(46-38(34)50-37-32(56)21-31(22-33(37)65-46)53-16-14-52(15-17-53)18-19-54)51-48(62)25(3)12-10-11-24(2)40(57)27(5)41(58)28(6)44(26(23)4)64-30(8)55/h10-13,20-24,26-28,40-41,43-44,54,57-61H,14-19H2,1-9H3,(H,51,62)/b11-10+,20-13+,25-12-/t23-,24-,26+,27+,28+,40-,41+,43?,44+,49-/m0/s1. The molecule has 1 amide bonds. The lowest BCUT2D eigenvalue weighted by molar-refractivity contribution is -0.158. The Kier molecular flexibility index (Phi) is 13.8. The van der Waals surface area contributed by atoms with Crippen molar-refractivity contribution >= 4 is 29.0 Å². The van der Waals surface area contributed by atoms with E-state index in [1.807, 2.05) is 18.7 Å². The molecule has 1 saturated heterocycles. The maximum atomic E-state index is 14.0. The van der Waals surface area contributed by atoms with Gasteiger partial charge < -0.3 is 59.5 Å². The van der Waals surface area contributed by atoms with E-state index in [0.717, 1.165) is 0 Å². The molecule has 1 aromatic carbocycles. The molecule has 0 radical (unpaired) electrons. The van der Waals surface area contributed by atoms with Gasteiger partial charge in [-0.25, -0.2) is 4.98 Å². The number of carbonyl (C=O) groups is 2. The summed E-state index contributed by atoms with van der Waals surface area (Å²) >= 11 is 0. The Morgan fingerprint density at radius 1 is 0.939 bits per heavy atom. The Morgan fingerprint density at radius 2 is 1.64 bits per heavy atom. The van der Waals surface area contributed by atoms with Crippen LogP contribution in [0.2, 0.25) is 0 Å². The molecule has 5 heterocycles. The number of nitrogens with zero attached hydrogens (tertiary/aromatic N) is 3. The van der Waals surface area contributed by atoms with E-state index in [9.17, 15) is 45.0 Å². The fourth-order valence-electron chi connectivity index (χ4n) is 9.45. The highest BCUT2D eigenvalue weighted by Gasteiger charge is 2.45. The van der Waals surface area contributed by atoms with Crippen LogP contribution in [0.4, 0.5) is 5.69 Å². The third-order valence-electron chi connectivity index (χ3n) is 13.9. The van der Waals surface area contributed by atoms with Crippen molar-refractivity contribution in [2.24, 2.45) is 29.6 Å². The topological polar surface area (TPSA) is 245 Å². The number of fused-ring (bicyclic) bond motifs is 14. The summed E-state index contributed by atoms with van der Waals surface area (Å²) in [4.78, 5) is 49.4. The molecule has 356 valence electrons. The number of aliphatic hydroxyl groups is 5. The maximum Gasteiger partial charge on any atom is 0.307 e. The molecule has 8 rings (SSSR count). The summed E-state index contributed by atoms with van der Waals surface area (Å²) in [5.74, 6) is -6.46. The van der Waals surface area contributed by atoms with Crippen LogP contribution >= 0.6 is 0 Å². The lowest BCUT2D eigenvalue weighted by atomic mass is 9.77. The number of aliphatic hydroxyl groups excluding tert-OH is 5. The number of rotatable bonds is 4. The van der Waals surface area contributed by atoms with E-state index in [0.29, 0.717) is 38.4 Å². The van der Waals surface area contributed by atoms with E-state index < -0.39 is 76.8 Å². The number of ether oxygens (including phenoxy) is 3. The molecule has 66 heavy (non-hydrogen) atoms. The predicted octanol–water partition coefficient (Wildman–Crippen LogP) is 2.48. The SMILES string of the molecule is CC(=O)O[C@H]1[C@H](C)[C@H](O)[C@H](C)[C@@H](O)[C@@H](C)/C=C/C=C(/C)C(=O)NC2=c3oc4cc(N5CCN(CCO)CC5)cc(=O)c-4nc3=c3c(c(O)c(C)c4c3=C(O)[C@@](C)(O/C=C/[C@H](C)[C@H]1C)O4)C2O. The third-order valence-corrected chi connectivity index (χ3v) is 13.9. The molecular formula is C49H62N4O13. The van der Waals surface area contributed by atoms with Crippen molar-refractivity contribution in [3.05, 3.63) is 90.8 Å². The molecule has 5 bridgehead atoms. The van der Waals surface area contributed by atoms with Crippen LogP contribution in [0.15, 0.2) is 57.5 Å². The number of esters is 1. The second-order valence-corrected chi connectivity index (χ2v) is 18.4. The largest absolute Gasteiger partial charge is 0.507 e. The Bertz CT molecular complexity index is 2740. The molecule has 0 aromatic heterocycles. The number of anilines is 1. The van der Waals surface area contributed by atoms with Crippen molar-refractivity contribution in [3.63, 3.8) is 0 Å². The van der Waals surface area contributed by atoms with Gasteiger partial charge in [-0.15, -0.1) is 0 Å². The van der Waals surface area contributed by atoms with Crippen molar-refractivity contribution in [2.45, 2.75) is 92.5 Å². The van der Waals surface area contributed by atoms with Gasteiger partial charge in [0.15, 0.2) is 22.6 Å². The number of hydrogen-bond donors (Lipinski definition) is 7. The molecule has 7 aliphatic rings. The number of nitrogens with one attached hydrogen (secondary N) is 1. The smallest absolute Gasteiger partial charge is 0.307 e. The van der Waals surface area contributed by atoms with Crippen molar-refractivity contribution in [3.8, 4) is 23.0 Å². The van der Waals surface area contributed by atoms with Gasteiger partial charge >= 0.3 is 11.8 Å². The Morgan fingerprint density at radius 3 is 2.30 bits per heavy atom. The number of phenolic OH excluding ortho intramolecular Hbond substituents is 1. The predicted molar refractivity (Wildman–Crippen MR) is 243 cm³/mol. The Labute approximate surface area is 382 Å². The summed E-state index contributed by atoms with van der Waals surface area (Å²) in [7, 11) is 0. The number of phenols is 1. The monoisotopic (exact) mass is 914 g/mol. The van der Waals surface area contributed by atoms with Crippen LogP contribution in [0.25, 0.3) is 22.9 Å². The third kappa shape index (κ3) is 8.82. The van der Waals surface area contributed by atoms with E-state index in [4.69, 9.17) is 23.6 Å². The van der Waals surface area contributed by atoms with Gasteiger partial charge in [-0.2, -0.15) is 0 Å². The van der Waals surface area contributed by atoms with Gasteiger partial charge in [-0.3, -0.25) is 19.3 Å². The highest BCUT2D eigenvalue weighted by atomic mass is 16.7. The number of carbonyl (C=O) groups excluding carboxylic acids is 2. The minimum atomic E-state index is -1.91. The minimum Gasteiger partial charge on any atom is -0.507 e. The van der Waals surface area contributed by atoms with Gasteiger partial charge in [-0.05, 0) is 31.8 Å². The molecule has 10 atom stereocenters. The van der Waals surface area contributed by atoms with Gasteiger partial charge in [0.2, 0.25) is 5.43 Å². The van der Waals surface area contributed by atoms with Crippen LogP contribution in [-0.4, -0.2) is 116 Å². The summed E-state index contributed by atoms with van der Waals surface area (Å²) in [6.07, 6.45) is 3.15. The lowest BCUT2D eigenvalue weighted by Crippen LogP contribution is -2.47. The fourth-order valence-corrected chi connectivity index (χ4v) is 9.45. The van der Waals surface area contributed by atoms with Gasteiger partial charge in [0.05, 0.1) is 36.0 Å². The van der Waals surface area contributed by atoms with Gasteiger partial charge in [0, 0.05) is 104 Å². The van der Waals surface area contributed by atoms with Crippen molar-refractivity contribution < 1.29 is 58.9 Å². The zero-order chi connectivity index (χ0) is 48.1. The van der Waals surface area contributed by atoms with Crippen LogP contribution in [0, 0.1) is 47.1 Å². The zero-order valence-corrected chi connectivity index (χ0v) is 38.9. The van der Waals surface area contributed by atoms with E-state index >= 15 is 0 Å². The summed E-state index contributed by atoms with van der Waals surface area (Å²) in [5.41, 5.74) is -0.173. The van der Waals surface area contributed by atoms with E-state index in [2.05, 4.69) is 10.2 Å². The van der Waals surface area contributed by atoms with Gasteiger partial charge in [0.1, 0.15) is 29.1 Å². The fraction of sp³-hybridized carbons (Fsp3) is 0.510. The molecule has 17 nitrogen and oxygen atoms in total. The second-order valence-electron chi connectivity index (χ2n) is 18.4. The highest BCUT2D eigenvalue weighted by Crippen LogP contribution is 2.42. The van der Waals surface area contributed by atoms with Crippen LogP contribution in [0.5, 0.6) is 11.5 Å². The first kappa shape index (κ1) is 48.2. The number of hydrogen-bond acceptors (Lipinski definition) is 16. The minimum absolute atomic E-state index is 0.00555. The number of β-amino-alcohol motifs (C(OH)–C–C–N with tert-alkyl or cyclic N) is 1. The van der Waals surface area contributed by atoms with Crippen LogP contribution < -0.4 is 31.0 Å². The van der Waals surface area contributed by atoms with Crippen LogP contribution in [0.3, 0.4) is 0 Å². The van der Waals surface area contributed by atoms with Crippen molar-refractivity contribution in [2.75, 3.05) is 44.2 Å². The first-order chi connectivity index (χ1) is 31.2. The molecule has 1 aromatic rings. The number of amides is 1. The van der Waals surface area contributed by atoms with Gasteiger partial charge in [-0.1, -0.05) is 52.8 Å². The normalized spacial score (nSPS) is 31.6. The molecule has 2 aliphatic carbocycles. The summed E-state index contributed by atoms with van der Waals surface area (Å²) < 4.78 is 24.8. The maximum absolute atomic E-state index is 14.0. The zero-order valence-electron chi connectivity index (χ0n) is 38.9. The quantitative estimate of drug-likeness (QED) is 0.186. The molecule has 17 heteroatoms. The molecule has 0 saturated carbocycles. The van der Waals surface area contributed by atoms with Gasteiger partial charge in [0.25, 0.3) is 5.91 Å². The Hall–Kier alpha value is -5.72. The average molecular weight is 915 g/mol. The number of piperazine rings is 1. The molecule has 0 spiro atoms. The molecule has 1 unspecified atom stereocenters. The lowest BCUT2D eigenvalue weighted by Gasteiger charge is -2.37. The van der Waals surface area contributed by atoms with Crippen LogP contribution in [-0.2, 0) is 19.1 Å². The number of aromatic nitrogens is 1.